The van der Waals surface area contributed by atoms with Gasteiger partial charge in [0.15, 0.2) is 5.69 Å². The van der Waals surface area contributed by atoms with Crippen molar-refractivity contribution in [3.63, 3.8) is 0 Å². The highest BCUT2D eigenvalue weighted by Crippen LogP contribution is 2.29. The first-order valence-electron chi connectivity index (χ1n) is 6.67. The van der Waals surface area contributed by atoms with E-state index in [9.17, 15) is 27.9 Å². The zero-order valence-electron chi connectivity index (χ0n) is 12.4. The average molecular weight is 331 g/mol. The summed E-state index contributed by atoms with van der Waals surface area (Å²) in [7, 11) is 0. The van der Waals surface area contributed by atoms with Gasteiger partial charge in [0.05, 0.1) is 0 Å². The Kier molecular flexibility index (Phi) is 5.74. The molecular formula is C14H16F3N3O3. The number of nitrogens with two attached hydrogens (primary N) is 1. The van der Waals surface area contributed by atoms with Gasteiger partial charge in [-0.3, -0.25) is 9.59 Å². The summed E-state index contributed by atoms with van der Waals surface area (Å²) >= 11 is 0. The number of phenolic OH excluding ortho intramolecular Hbond substituents is 1. The van der Waals surface area contributed by atoms with Gasteiger partial charge in [0.1, 0.15) is 11.9 Å². The predicted octanol–water partition coefficient (Wildman–Crippen LogP) is 1.94. The zero-order valence-corrected chi connectivity index (χ0v) is 12.4. The lowest BCUT2D eigenvalue weighted by Crippen LogP contribution is -2.34. The van der Waals surface area contributed by atoms with Crippen molar-refractivity contribution >= 4 is 6.41 Å². The van der Waals surface area contributed by atoms with Gasteiger partial charge in [-0.2, -0.15) is 13.2 Å². The highest BCUT2D eigenvalue weighted by atomic mass is 19.4. The van der Waals surface area contributed by atoms with E-state index in [4.69, 9.17) is 5.73 Å². The van der Waals surface area contributed by atoms with Crippen LogP contribution in [0.15, 0.2) is 35.1 Å². The molecule has 1 heterocycles. The molecule has 0 amide bonds. The summed E-state index contributed by atoms with van der Waals surface area (Å²) in [5, 5.41) is 9.65. The van der Waals surface area contributed by atoms with Crippen LogP contribution in [0.3, 0.4) is 0 Å². The molecule has 3 N–H and O–H groups in total. The third kappa shape index (κ3) is 3.62. The highest BCUT2D eigenvalue weighted by Gasteiger charge is 2.37. The van der Waals surface area contributed by atoms with Crippen molar-refractivity contribution in [2.75, 3.05) is 0 Å². The Morgan fingerprint density at radius 1 is 1.26 bits per heavy atom. The number of rotatable bonds is 3. The Morgan fingerprint density at radius 2 is 1.83 bits per heavy atom. The van der Waals surface area contributed by atoms with Crippen molar-refractivity contribution in [1.82, 2.24) is 9.36 Å². The van der Waals surface area contributed by atoms with Crippen LogP contribution in [0, 0.1) is 0 Å². The van der Waals surface area contributed by atoms with Crippen LogP contribution < -0.4 is 11.3 Å². The molecule has 126 valence electrons. The Hall–Kier alpha value is -2.55. The van der Waals surface area contributed by atoms with Gasteiger partial charge in [-0.25, -0.2) is 9.36 Å². The quantitative estimate of drug-likeness (QED) is 0.841. The first kappa shape index (κ1) is 18.5. The van der Waals surface area contributed by atoms with E-state index < -0.39 is 23.6 Å². The van der Waals surface area contributed by atoms with Gasteiger partial charge in [-0.1, -0.05) is 32.0 Å². The second-order valence-corrected chi connectivity index (χ2v) is 4.16. The number of hydrogen-bond donors (Lipinski definition) is 2. The molecule has 0 spiro atoms. The maximum absolute atomic E-state index is 12.8. The van der Waals surface area contributed by atoms with E-state index >= 15 is 0 Å². The third-order valence-electron chi connectivity index (χ3n) is 2.87. The number of aromatic hydroxyl groups is 1. The normalized spacial score (nSPS) is 12.3. The van der Waals surface area contributed by atoms with Crippen LogP contribution in [-0.4, -0.2) is 20.9 Å². The SMILES string of the molecule is CC.NC(c1ccccc1O)n1c(=O)cc(C(F)(F)F)n1C=O. The summed E-state index contributed by atoms with van der Waals surface area (Å²) in [6, 6.07) is 5.84. The van der Waals surface area contributed by atoms with E-state index in [1.54, 1.807) is 0 Å². The molecule has 0 saturated heterocycles. The lowest BCUT2D eigenvalue weighted by molar-refractivity contribution is -0.142. The molecule has 0 radical (unpaired) electrons. The smallest absolute Gasteiger partial charge is 0.433 e. The van der Waals surface area contributed by atoms with Gasteiger partial charge in [0.2, 0.25) is 6.41 Å². The van der Waals surface area contributed by atoms with E-state index in [1.807, 2.05) is 13.8 Å². The van der Waals surface area contributed by atoms with Gasteiger partial charge in [-0.05, 0) is 6.07 Å². The summed E-state index contributed by atoms with van der Waals surface area (Å²) in [6.07, 6.45) is -6.49. The van der Waals surface area contributed by atoms with Gasteiger partial charge in [0.25, 0.3) is 5.56 Å². The molecule has 9 heteroatoms. The van der Waals surface area contributed by atoms with Crippen LogP contribution in [0.2, 0.25) is 0 Å². The van der Waals surface area contributed by atoms with Crippen molar-refractivity contribution in [3.8, 4) is 5.75 Å². The maximum Gasteiger partial charge on any atom is 0.433 e. The van der Waals surface area contributed by atoms with Gasteiger partial charge >= 0.3 is 6.18 Å². The monoisotopic (exact) mass is 331 g/mol. The van der Waals surface area contributed by atoms with Gasteiger partial charge < -0.3 is 10.8 Å². The molecular weight excluding hydrogens is 315 g/mol. The average Bonchev–Trinajstić information content (AvgIpc) is 2.86. The predicted molar refractivity (Wildman–Crippen MR) is 77.6 cm³/mol. The molecule has 0 bridgehead atoms. The number of halogens is 3. The molecule has 6 nitrogen and oxygen atoms in total. The van der Waals surface area contributed by atoms with Crippen LogP contribution >= 0.6 is 0 Å². The number of phenols is 1. The summed E-state index contributed by atoms with van der Waals surface area (Å²) in [5.41, 5.74) is 3.17. The fraction of sp³-hybridized carbons (Fsp3) is 0.286. The molecule has 1 aromatic carbocycles. The van der Waals surface area contributed by atoms with E-state index in [0.29, 0.717) is 4.68 Å². The minimum absolute atomic E-state index is 0.00882. The minimum atomic E-state index is -4.89. The molecule has 0 aliphatic carbocycles. The standard InChI is InChI=1S/C12H10F3N3O3.C2H6/c13-12(14,15)9-5-10(21)18(17(9)6-19)11(16)7-3-1-2-4-8(7)20;1-2/h1-6,11,20H,16H2;1-2H3. The summed E-state index contributed by atoms with van der Waals surface area (Å²) in [6.45, 7) is 4.00. The Balaban J connectivity index is 0.00000127. The van der Waals surface area contributed by atoms with Crippen LogP contribution in [0.1, 0.15) is 31.3 Å². The summed E-state index contributed by atoms with van der Waals surface area (Å²) in [4.78, 5) is 22.6. The lowest BCUT2D eigenvalue weighted by Gasteiger charge is -2.18. The number of para-hydroxylation sites is 1. The number of benzene rings is 1. The van der Waals surface area contributed by atoms with Crippen molar-refractivity contribution in [3.05, 3.63) is 51.9 Å². The highest BCUT2D eigenvalue weighted by molar-refractivity contribution is 5.53. The minimum Gasteiger partial charge on any atom is -0.508 e. The second-order valence-electron chi connectivity index (χ2n) is 4.16. The van der Waals surface area contributed by atoms with Crippen molar-refractivity contribution in [2.45, 2.75) is 26.2 Å². The van der Waals surface area contributed by atoms with E-state index in [-0.39, 0.29) is 28.5 Å². The van der Waals surface area contributed by atoms with Crippen molar-refractivity contribution < 1.29 is 23.1 Å². The van der Waals surface area contributed by atoms with Crippen LogP contribution in [0.4, 0.5) is 13.2 Å². The number of nitrogens with zero attached hydrogens (tertiary/aromatic N) is 2. The Labute approximate surface area is 129 Å². The van der Waals surface area contributed by atoms with Crippen molar-refractivity contribution in [2.24, 2.45) is 5.73 Å². The second kappa shape index (κ2) is 7.14. The van der Waals surface area contributed by atoms with E-state index in [1.165, 1.54) is 24.3 Å². The van der Waals surface area contributed by atoms with E-state index in [0.717, 1.165) is 0 Å². The molecule has 0 saturated carbocycles. The van der Waals surface area contributed by atoms with E-state index in [2.05, 4.69) is 0 Å². The molecule has 2 aromatic rings. The maximum atomic E-state index is 12.8. The fourth-order valence-electron chi connectivity index (χ4n) is 1.93. The van der Waals surface area contributed by atoms with Crippen LogP contribution in [0.25, 0.3) is 0 Å². The third-order valence-corrected chi connectivity index (χ3v) is 2.87. The molecule has 0 fully saturated rings. The fourth-order valence-corrected chi connectivity index (χ4v) is 1.93. The molecule has 1 atom stereocenters. The zero-order chi connectivity index (χ0) is 17.8. The molecule has 0 aliphatic heterocycles. The van der Waals surface area contributed by atoms with Crippen molar-refractivity contribution in [1.29, 1.82) is 0 Å². The first-order chi connectivity index (χ1) is 10.8. The molecule has 1 unspecified atom stereocenters. The Morgan fingerprint density at radius 3 is 2.30 bits per heavy atom. The van der Waals surface area contributed by atoms with Gasteiger partial charge in [-0.15, -0.1) is 0 Å². The molecule has 23 heavy (non-hydrogen) atoms. The van der Waals surface area contributed by atoms with Crippen LogP contribution in [-0.2, 0) is 11.0 Å². The number of carbonyl (C=O) groups is 1. The van der Waals surface area contributed by atoms with Gasteiger partial charge in [0, 0.05) is 11.6 Å². The van der Waals surface area contributed by atoms with Crippen LogP contribution in [0.5, 0.6) is 5.75 Å². The number of hydrogen-bond acceptors (Lipinski definition) is 4. The Bertz CT molecular complexity index is 735. The molecule has 1 aromatic heterocycles. The largest absolute Gasteiger partial charge is 0.508 e. The summed E-state index contributed by atoms with van der Waals surface area (Å²) in [5.74, 6) is -0.302. The number of aromatic nitrogens is 2. The lowest BCUT2D eigenvalue weighted by atomic mass is 10.1. The first-order valence-corrected chi connectivity index (χ1v) is 6.67. The molecule has 0 aliphatic rings. The topological polar surface area (TPSA) is 90.2 Å². The molecule has 2 rings (SSSR count). The summed E-state index contributed by atoms with van der Waals surface area (Å²) < 4.78 is 38.8. The number of carbonyl (C=O) groups excluding carboxylic acids is 1. The number of alkyl halides is 3.